The molecule has 1 aliphatic heterocycles. The fourth-order valence-electron chi connectivity index (χ4n) is 2.54. The Balaban J connectivity index is 1.81. The van der Waals surface area contributed by atoms with Crippen LogP contribution >= 0.6 is 35.8 Å². The maximum absolute atomic E-state index is 11.8. The molecule has 2 heterocycles. The average molecular weight is 491 g/mol. The van der Waals surface area contributed by atoms with E-state index in [1.54, 1.807) is 13.8 Å². The third kappa shape index (κ3) is 6.22. The first-order valence-electron chi connectivity index (χ1n) is 9.53. The zero-order valence-electron chi connectivity index (χ0n) is 17.6. The summed E-state index contributed by atoms with van der Waals surface area (Å²) < 4.78 is 10.8. The summed E-state index contributed by atoms with van der Waals surface area (Å²) in [5.74, 6) is 1.03. The van der Waals surface area contributed by atoms with Crippen LogP contribution in [0.5, 0.6) is 11.5 Å². The Morgan fingerprint density at radius 1 is 1.31 bits per heavy atom. The molecule has 2 aromatic rings. The van der Waals surface area contributed by atoms with E-state index in [4.69, 9.17) is 39.6 Å². The largest absolute Gasteiger partial charge is 0.454 e. The average Bonchev–Trinajstić information content (AvgIpc) is 3.33. The third-order valence-electron chi connectivity index (χ3n) is 4.13. The van der Waals surface area contributed by atoms with Gasteiger partial charge in [0.2, 0.25) is 12.7 Å². The highest BCUT2D eigenvalue weighted by Crippen LogP contribution is 2.33. The van der Waals surface area contributed by atoms with E-state index < -0.39 is 0 Å². The van der Waals surface area contributed by atoms with Crippen LogP contribution in [-0.2, 0) is 4.79 Å². The summed E-state index contributed by atoms with van der Waals surface area (Å²) in [5, 5.41) is 10.6. The van der Waals surface area contributed by atoms with Crippen molar-refractivity contribution in [2.24, 2.45) is 16.8 Å². The number of nitrogens with one attached hydrogen (secondary N) is 3. The number of aryl methyl sites for hydroxylation is 1. The second kappa shape index (κ2) is 10.5. The van der Waals surface area contributed by atoms with Gasteiger partial charge in [-0.3, -0.25) is 10.2 Å². The van der Waals surface area contributed by atoms with Crippen LogP contribution in [0.4, 0.5) is 5.13 Å². The predicted molar refractivity (Wildman–Crippen MR) is 134 cm³/mol. The Hall–Kier alpha value is -3.09. The van der Waals surface area contributed by atoms with Crippen molar-refractivity contribution in [1.29, 1.82) is 0 Å². The van der Waals surface area contributed by atoms with Gasteiger partial charge in [-0.2, -0.15) is 5.10 Å². The molecule has 0 saturated heterocycles. The highest BCUT2D eigenvalue weighted by molar-refractivity contribution is 7.80. The second-order valence-electron chi connectivity index (χ2n) is 6.95. The first-order valence-corrected chi connectivity index (χ1v) is 11.2. The minimum Gasteiger partial charge on any atom is -0.454 e. The van der Waals surface area contributed by atoms with Gasteiger partial charge in [0.1, 0.15) is 5.71 Å². The summed E-state index contributed by atoms with van der Waals surface area (Å²) in [7, 11) is 0. The number of aromatic nitrogens is 1. The van der Waals surface area contributed by atoms with E-state index in [0.29, 0.717) is 28.0 Å². The Morgan fingerprint density at radius 2 is 2.06 bits per heavy atom. The monoisotopic (exact) mass is 490 g/mol. The molecule has 5 N–H and O–H groups in total. The molecule has 1 aliphatic rings. The number of hydrogen-bond acceptors (Lipinski definition) is 8. The van der Waals surface area contributed by atoms with Crippen molar-refractivity contribution in [2.45, 2.75) is 20.8 Å². The topological polar surface area (TPSA) is 123 Å². The summed E-state index contributed by atoms with van der Waals surface area (Å²) in [6.45, 7) is 5.63. The van der Waals surface area contributed by atoms with Crippen LogP contribution < -0.4 is 31.3 Å². The van der Waals surface area contributed by atoms with Crippen LogP contribution in [0.3, 0.4) is 0 Å². The standard InChI is InChI=1S/C20H22N6O3S3/c1-10(2)17(27)23-19(31)24-20-22-11(3)16(32-20)13(25-26-18(21)30)6-4-12-5-7-14-15(8-12)29-9-28-14/h4-8,10H,9H2,1-3H3,(H3,21,26,30)(H2,22,23,24,27,31)/b6-4+,25-13-. The summed E-state index contributed by atoms with van der Waals surface area (Å²) in [6, 6.07) is 5.63. The predicted octanol–water partition coefficient (Wildman–Crippen LogP) is 2.90. The summed E-state index contributed by atoms with van der Waals surface area (Å²) >= 11 is 11.4. The minimum absolute atomic E-state index is 0.0390. The number of anilines is 1. The third-order valence-corrected chi connectivity index (χ3v) is 5.52. The number of amides is 1. The molecule has 0 atom stereocenters. The van der Waals surface area contributed by atoms with E-state index in [1.165, 1.54) is 11.3 Å². The maximum atomic E-state index is 11.8. The Bertz CT molecular complexity index is 1110. The van der Waals surface area contributed by atoms with Gasteiger partial charge in [0.25, 0.3) is 0 Å². The van der Waals surface area contributed by atoms with Crippen molar-refractivity contribution >= 4 is 68.8 Å². The zero-order chi connectivity index (χ0) is 23.3. The molecule has 0 aliphatic carbocycles. The van der Waals surface area contributed by atoms with Crippen LogP contribution in [0.25, 0.3) is 6.08 Å². The molecule has 0 unspecified atom stereocenters. The zero-order valence-corrected chi connectivity index (χ0v) is 20.0. The number of ether oxygens (including phenoxy) is 2. The van der Waals surface area contributed by atoms with Crippen molar-refractivity contribution in [3.8, 4) is 11.5 Å². The van der Waals surface area contributed by atoms with Crippen molar-refractivity contribution in [1.82, 2.24) is 15.7 Å². The van der Waals surface area contributed by atoms with Gasteiger partial charge in [-0.25, -0.2) is 4.98 Å². The van der Waals surface area contributed by atoms with Gasteiger partial charge in [0, 0.05) is 5.92 Å². The van der Waals surface area contributed by atoms with Crippen molar-refractivity contribution in [3.05, 3.63) is 40.4 Å². The van der Waals surface area contributed by atoms with Gasteiger partial charge in [-0.05, 0) is 55.1 Å². The second-order valence-corrected chi connectivity index (χ2v) is 8.80. The van der Waals surface area contributed by atoms with E-state index in [1.807, 2.05) is 37.3 Å². The number of nitrogens with two attached hydrogens (primary N) is 1. The highest BCUT2D eigenvalue weighted by atomic mass is 32.1. The molecule has 0 fully saturated rings. The van der Waals surface area contributed by atoms with Crippen molar-refractivity contribution in [3.63, 3.8) is 0 Å². The summed E-state index contributed by atoms with van der Waals surface area (Å²) in [6.07, 6.45) is 3.69. The molecule has 0 saturated carbocycles. The minimum atomic E-state index is -0.186. The number of fused-ring (bicyclic) bond motifs is 1. The van der Waals surface area contributed by atoms with Gasteiger partial charge < -0.3 is 25.8 Å². The fourth-order valence-corrected chi connectivity index (χ4v) is 3.79. The highest BCUT2D eigenvalue weighted by Gasteiger charge is 2.16. The Kier molecular flexibility index (Phi) is 7.72. The molecule has 1 aromatic carbocycles. The SMILES string of the molecule is Cc1nc(NC(=S)NC(=O)C(C)C)sc1C(/C=C/c1ccc2c(c1)OCO2)=N\NC(N)=S. The summed E-state index contributed by atoms with van der Waals surface area (Å²) in [4.78, 5) is 17.1. The molecule has 0 radical (unpaired) electrons. The quantitative estimate of drug-likeness (QED) is 0.275. The Labute approximate surface area is 200 Å². The van der Waals surface area contributed by atoms with Crippen LogP contribution in [0.15, 0.2) is 29.4 Å². The molecule has 1 amide bonds. The van der Waals surface area contributed by atoms with Gasteiger partial charge in [0.05, 0.1) is 10.6 Å². The molecule has 3 rings (SSSR count). The van der Waals surface area contributed by atoms with Gasteiger partial charge in [0.15, 0.2) is 26.9 Å². The number of benzene rings is 1. The molecule has 32 heavy (non-hydrogen) atoms. The lowest BCUT2D eigenvalue weighted by Crippen LogP contribution is -2.36. The number of hydrazone groups is 1. The molecule has 1 aromatic heterocycles. The molecule has 168 valence electrons. The van der Waals surface area contributed by atoms with E-state index in [0.717, 1.165) is 10.4 Å². The van der Waals surface area contributed by atoms with Crippen LogP contribution in [-0.4, -0.2) is 33.6 Å². The first kappa shape index (κ1) is 23.6. The maximum Gasteiger partial charge on any atom is 0.231 e. The molecule has 9 nitrogen and oxygen atoms in total. The van der Waals surface area contributed by atoms with E-state index >= 15 is 0 Å². The van der Waals surface area contributed by atoms with E-state index in [2.05, 4.69) is 26.1 Å². The number of thiocarbonyl (C=S) groups is 2. The van der Waals surface area contributed by atoms with Crippen molar-refractivity contribution in [2.75, 3.05) is 12.1 Å². The Morgan fingerprint density at radius 3 is 2.78 bits per heavy atom. The van der Waals surface area contributed by atoms with E-state index in [-0.39, 0.29) is 28.8 Å². The molecule has 0 spiro atoms. The number of carbonyl (C=O) groups is 1. The smallest absolute Gasteiger partial charge is 0.231 e. The number of allylic oxidation sites excluding steroid dienone is 1. The fraction of sp³-hybridized carbons (Fsp3) is 0.250. The first-order chi connectivity index (χ1) is 15.2. The van der Waals surface area contributed by atoms with Gasteiger partial charge >= 0.3 is 0 Å². The normalized spacial score (nSPS) is 12.8. The van der Waals surface area contributed by atoms with E-state index in [9.17, 15) is 4.79 Å². The molecule has 12 heteroatoms. The number of carbonyl (C=O) groups excluding carboxylic acids is 1. The lowest BCUT2D eigenvalue weighted by atomic mass is 10.1. The number of hydrogen-bond donors (Lipinski definition) is 4. The van der Waals surface area contributed by atoms with Crippen molar-refractivity contribution < 1.29 is 14.3 Å². The molecular formula is C20H22N6O3S3. The number of rotatable bonds is 6. The lowest BCUT2D eigenvalue weighted by Gasteiger charge is -2.08. The number of nitrogens with zero attached hydrogens (tertiary/aromatic N) is 2. The molecule has 0 bridgehead atoms. The number of thiazole rings is 1. The van der Waals surface area contributed by atoms with Crippen LogP contribution in [0.1, 0.15) is 30.0 Å². The van der Waals surface area contributed by atoms with Gasteiger partial charge in [-0.15, -0.1) is 0 Å². The van der Waals surface area contributed by atoms with Crippen LogP contribution in [0, 0.1) is 12.8 Å². The molecular weight excluding hydrogens is 468 g/mol. The van der Waals surface area contributed by atoms with Crippen LogP contribution in [0.2, 0.25) is 0 Å². The van der Waals surface area contributed by atoms with Gasteiger partial charge in [-0.1, -0.05) is 37.3 Å². The lowest BCUT2D eigenvalue weighted by molar-refractivity contribution is -0.122. The summed E-state index contributed by atoms with van der Waals surface area (Å²) in [5.41, 5.74) is 10.3.